The minimum atomic E-state index is -0.324. The van der Waals surface area contributed by atoms with Gasteiger partial charge < -0.3 is 22.0 Å². The van der Waals surface area contributed by atoms with Crippen molar-refractivity contribution in [2.45, 2.75) is 70.7 Å². The van der Waals surface area contributed by atoms with Gasteiger partial charge in [0, 0.05) is 16.6 Å². The van der Waals surface area contributed by atoms with Gasteiger partial charge >= 0.3 is 0 Å². The number of nitrogens with zero attached hydrogens (tertiary/aromatic N) is 2. The zero-order valence-corrected chi connectivity index (χ0v) is 18.3. The third-order valence-corrected chi connectivity index (χ3v) is 5.08. The first-order valence-corrected chi connectivity index (χ1v) is 9.42. The molecule has 0 radical (unpaired) electrons. The van der Waals surface area contributed by atoms with Gasteiger partial charge in [0.25, 0.3) is 0 Å². The number of aliphatic hydroxyl groups excluding tert-OH is 1. The lowest BCUT2D eigenvalue weighted by Crippen LogP contribution is -3.00. The van der Waals surface area contributed by atoms with Crippen LogP contribution in [0.4, 0.5) is 0 Å². The van der Waals surface area contributed by atoms with Crippen LogP contribution in [0.1, 0.15) is 64.2 Å². The fourth-order valence-corrected chi connectivity index (χ4v) is 3.97. The van der Waals surface area contributed by atoms with Crippen LogP contribution >= 0.6 is 0 Å². The van der Waals surface area contributed by atoms with Crippen molar-refractivity contribution < 1.29 is 26.8 Å². The summed E-state index contributed by atoms with van der Waals surface area (Å²) in [6.45, 7) is 9.88. The standard InChI is InChI=1S/C21H37N2O2.ClH/c1-20(2)13-8-14-21(3,4)22(20)25-19(16-24)18-11-9-17(10-12-18)15-23(5,6)7;/h9-12,19,24H,8,13-16H2,1-7H3;1H/q+1;/p-1. The summed E-state index contributed by atoms with van der Waals surface area (Å²) in [6, 6.07) is 8.49. The molecule has 0 amide bonds. The van der Waals surface area contributed by atoms with Crippen molar-refractivity contribution >= 4 is 0 Å². The Kier molecular flexibility index (Phi) is 7.71. The Hall–Kier alpha value is -0.650. The maximum Gasteiger partial charge on any atom is 0.127 e. The van der Waals surface area contributed by atoms with E-state index in [2.05, 4.69) is 78.2 Å². The predicted molar refractivity (Wildman–Crippen MR) is 103 cm³/mol. The average Bonchev–Trinajstić information content (AvgIpc) is 2.46. The molecule has 1 unspecified atom stereocenters. The molecule has 5 heteroatoms. The number of piperidine rings is 1. The molecule has 0 aromatic heterocycles. The van der Waals surface area contributed by atoms with E-state index in [4.69, 9.17) is 4.84 Å². The van der Waals surface area contributed by atoms with E-state index in [1.54, 1.807) is 0 Å². The van der Waals surface area contributed by atoms with Crippen molar-refractivity contribution in [3.8, 4) is 0 Å². The number of hydroxylamine groups is 2. The van der Waals surface area contributed by atoms with Crippen LogP contribution in [0, 0.1) is 0 Å². The van der Waals surface area contributed by atoms with Crippen LogP contribution in [0.15, 0.2) is 24.3 Å². The molecule has 2 rings (SSSR count). The maximum absolute atomic E-state index is 9.95. The van der Waals surface area contributed by atoms with Gasteiger partial charge in [-0.3, -0.25) is 4.84 Å². The average molecular weight is 385 g/mol. The summed E-state index contributed by atoms with van der Waals surface area (Å²) < 4.78 is 0.898. The van der Waals surface area contributed by atoms with Gasteiger partial charge in [-0.05, 0) is 52.5 Å². The van der Waals surface area contributed by atoms with E-state index < -0.39 is 0 Å². The second kappa shape index (κ2) is 8.57. The number of benzene rings is 1. The number of hydrogen-bond donors (Lipinski definition) is 1. The highest BCUT2D eigenvalue weighted by Gasteiger charge is 2.43. The molecule has 0 saturated carbocycles. The van der Waals surface area contributed by atoms with Crippen LogP contribution in [-0.2, 0) is 11.4 Å². The zero-order valence-electron chi connectivity index (χ0n) is 17.6. The lowest BCUT2D eigenvalue weighted by Gasteiger charge is -2.52. The van der Waals surface area contributed by atoms with Gasteiger partial charge in [-0.25, -0.2) is 0 Å². The highest BCUT2D eigenvalue weighted by molar-refractivity contribution is 5.24. The van der Waals surface area contributed by atoms with Gasteiger partial charge in [0.05, 0.1) is 27.7 Å². The Morgan fingerprint density at radius 1 is 1.04 bits per heavy atom. The molecule has 1 heterocycles. The van der Waals surface area contributed by atoms with Crippen molar-refractivity contribution in [3.63, 3.8) is 0 Å². The largest absolute Gasteiger partial charge is 1.00 e. The normalized spacial score (nSPS) is 21.1. The molecular weight excluding hydrogens is 348 g/mol. The molecule has 1 fully saturated rings. The summed E-state index contributed by atoms with van der Waals surface area (Å²) in [5, 5.41) is 12.1. The van der Waals surface area contributed by atoms with Crippen molar-refractivity contribution in [2.75, 3.05) is 27.7 Å². The molecule has 1 aliphatic rings. The molecule has 1 N–H and O–H groups in total. The zero-order chi connectivity index (χ0) is 18.9. The van der Waals surface area contributed by atoms with E-state index in [0.29, 0.717) is 0 Å². The van der Waals surface area contributed by atoms with Gasteiger partial charge in [-0.1, -0.05) is 24.3 Å². The van der Waals surface area contributed by atoms with Crippen LogP contribution < -0.4 is 12.4 Å². The molecule has 26 heavy (non-hydrogen) atoms. The van der Waals surface area contributed by atoms with E-state index in [0.717, 1.165) is 29.4 Å². The SMILES string of the molecule is CC1(C)CCCC(C)(C)N1OC(CO)c1ccc(C[N+](C)(C)C)cc1.[Cl-]. The molecule has 0 spiro atoms. The Balaban J connectivity index is 0.00000338. The monoisotopic (exact) mass is 384 g/mol. The molecule has 0 bridgehead atoms. The first-order valence-electron chi connectivity index (χ1n) is 9.42. The summed E-state index contributed by atoms with van der Waals surface area (Å²) in [7, 11) is 6.57. The third-order valence-electron chi connectivity index (χ3n) is 5.08. The predicted octanol–water partition coefficient (Wildman–Crippen LogP) is 0.905. The fourth-order valence-electron chi connectivity index (χ4n) is 3.97. The van der Waals surface area contributed by atoms with Crippen LogP contribution in [0.5, 0.6) is 0 Å². The Bertz CT molecular complexity index is 548. The maximum atomic E-state index is 9.95. The van der Waals surface area contributed by atoms with E-state index in [1.807, 2.05) is 0 Å². The quantitative estimate of drug-likeness (QED) is 0.740. The molecule has 0 aliphatic carbocycles. The van der Waals surface area contributed by atoms with Crippen LogP contribution in [0.2, 0.25) is 0 Å². The Labute approximate surface area is 166 Å². The van der Waals surface area contributed by atoms with Gasteiger partial charge in [0.2, 0.25) is 0 Å². The van der Waals surface area contributed by atoms with Crippen molar-refractivity contribution in [1.29, 1.82) is 0 Å². The molecular formula is C21H37ClN2O2. The second-order valence-electron chi connectivity index (χ2n) is 9.74. The van der Waals surface area contributed by atoms with E-state index in [9.17, 15) is 5.11 Å². The highest BCUT2D eigenvalue weighted by Crippen LogP contribution is 2.40. The number of rotatable bonds is 6. The van der Waals surface area contributed by atoms with Crippen molar-refractivity contribution in [2.24, 2.45) is 0 Å². The van der Waals surface area contributed by atoms with Crippen LogP contribution in [-0.4, -0.2) is 53.5 Å². The lowest BCUT2D eigenvalue weighted by molar-refractivity contribution is -0.884. The molecule has 1 aromatic rings. The summed E-state index contributed by atoms with van der Waals surface area (Å²) in [5.41, 5.74) is 2.27. The molecule has 150 valence electrons. The van der Waals surface area contributed by atoms with Crippen molar-refractivity contribution in [3.05, 3.63) is 35.4 Å². The van der Waals surface area contributed by atoms with Crippen LogP contribution in [0.25, 0.3) is 0 Å². The number of aliphatic hydroxyl groups is 1. The topological polar surface area (TPSA) is 32.7 Å². The van der Waals surface area contributed by atoms with Gasteiger partial charge in [0.1, 0.15) is 12.6 Å². The lowest BCUT2D eigenvalue weighted by atomic mass is 9.82. The Morgan fingerprint density at radius 3 is 1.96 bits per heavy atom. The summed E-state index contributed by atoms with van der Waals surface area (Å²) >= 11 is 0. The molecule has 1 atom stereocenters. The first-order chi connectivity index (χ1) is 11.4. The summed E-state index contributed by atoms with van der Waals surface area (Å²) in [6.07, 6.45) is 3.10. The minimum absolute atomic E-state index is 0. The summed E-state index contributed by atoms with van der Waals surface area (Å²) in [5.74, 6) is 0. The van der Waals surface area contributed by atoms with E-state index in [1.165, 1.54) is 12.0 Å². The summed E-state index contributed by atoms with van der Waals surface area (Å²) in [4.78, 5) is 6.38. The minimum Gasteiger partial charge on any atom is -1.00 e. The smallest absolute Gasteiger partial charge is 0.127 e. The van der Waals surface area contributed by atoms with Crippen molar-refractivity contribution in [1.82, 2.24) is 5.06 Å². The molecule has 1 aliphatic heterocycles. The molecule has 1 aromatic carbocycles. The second-order valence-corrected chi connectivity index (χ2v) is 9.74. The molecule has 1 saturated heterocycles. The highest BCUT2D eigenvalue weighted by atomic mass is 35.5. The fraction of sp³-hybridized carbons (Fsp3) is 0.714. The van der Waals surface area contributed by atoms with Gasteiger partial charge in [0.15, 0.2) is 0 Å². The molecule has 4 nitrogen and oxygen atoms in total. The third kappa shape index (κ3) is 5.93. The van der Waals surface area contributed by atoms with E-state index in [-0.39, 0.29) is 36.2 Å². The number of halogens is 1. The van der Waals surface area contributed by atoms with E-state index >= 15 is 0 Å². The number of quaternary nitrogens is 1. The first kappa shape index (κ1) is 23.4. The number of hydrogen-bond acceptors (Lipinski definition) is 3. The van der Waals surface area contributed by atoms with Gasteiger partial charge in [-0.15, -0.1) is 0 Å². The Morgan fingerprint density at radius 2 is 1.54 bits per heavy atom. The van der Waals surface area contributed by atoms with Gasteiger partial charge in [-0.2, -0.15) is 5.06 Å². The van der Waals surface area contributed by atoms with Crippen LogP contribution in [0.3, 0.4) is 0 Å².